The summed E-state index contributed by atoms with van der Waals surface area (Å²) in [6.45, 7) is 4.59. The smallest absolute Gasteiger partial charge is 0.269 e. The molecule has 9 heteroatoms. The number of carbonyl (C=O) groups excluding carboxylic acids is 3. The number of fused-ring (bicyclic) bond motifs is 1. The second kappa shape index (κ2) is 12.9. The molecule has 8 nitrogen and oxygen atoms in total. The van der Waals surface area contributed by atoms with Gasteiger partial charge in [-0.1, -0.05) is 86.6 Å². The lowest BCUT2D eigenvalue weighted by Crippen LogP contribution is -2.51. The lowest BCUT2D eigenvalue weighted by molar-refractivity contribution is -0.141. The fourth-order valence-electron chi connectivity index (χ4n) is 4.73. The number of rotatable bonds is 12. The summed E-state index contributed by atoms with van der Waals surface area (Å²) >= 11 is 0. The van der Waals surface area contributed by atoms with Crippen LogP contribution in [0.3, 0.4) is 0 Å². The quantitative estimate of drug-likeness (QED) is 0.360. The van der Waals surface area contributed by atoms with Gasteiger partial charge in [-0.3, -0.25) is 14.4 Å². The van der Waals surface area contributed by atoms with Crippen LogP contribution in [0.2, 0.25) is 0 Å². The van der Waals surface area contributed by atoms with Crippen molar-refractivity contribution in [3.8, 4) is 0 Å². The van der Waals surface area contributed by atoms with Crippen LogP contribution in [-0.4, -0.2) is 54.5 Å². The number of hydrogen-bond acceptors (Lipinski definition) is 5. The molecule has 0 spiro atoms. The molecule has 3 aromatic carbocycles. The first kappa shape index (κ1) is 29.0. The van der Waals surface area contributed by atoms with E-state index in [1.165, 1.54) is 12.1 Å². The maximum atomic E-state index is 13.7. The number of nitrogens with one attached hydrogen (secondary N) is 1. The molecule has 1 heterocycles. The van der Waals surface area contributed by atoms with Gasteiger partial charge >= 0.3 is 0 Å². The normalized spacial score (nSPS) is 14.6. The molecule has 1 aliphatic rings. The second-order valence-corrected chi connectivity index (χ2v) is 12.2. The zero-order chi connectivity index (χ0) is 28.7. The van der Waals surface area contributed by atoms with Crippen LogP contribution in [0, 0.1) is 5.92 Å². The molecule has 1 unspecified atom stereocenters. The van der Waals surface area contributed by atoms with E-state index in [9.17, 15) is 22.8 Å². The summed E-state index contributed by atoms with van der Waals surface area (Å²) in [7, 11) is -3.95. The molecule has 0 bridgehead atoms. The summed E-state index contributed by atoms with van der Waals surface area (Å²) in [4.78, 5) is 41.6. The van der Waals surface area contributed by atoms with Crippen LogP contribution in [-0.2, 0) is 32.6 Å². The van der Waals surface area contributed by atoms with E-state index in [2.05, 4.69) is 5.32 Å². The fraction of sp³-hybridized carbons (Fsp3) is 0.323. The Morgan fingerprint density at radius 2 is 1.48 bits per heavy atom. The molecule has 210 valence electrons. The van der Waals surface area contributed by atoms with Crippen molar-refractivity contribution in [3.63, 3.8) is 0 Å². The van der Waals surface area contributed by atoms with E-state index < -0.39 is 22.0 Å². The third kappa shape index (κ3) is 6.77. The summed E-state index contributed by atoms with van der Waals surface area (Å²) < 4.78 is 26.7. The van der Waals surface area contributed by atoms with Gasteiger partial charge in [0.2, 0.25) is 11.8 Å². The summed E-state index contributed by atoms with van der Waals surface area (Å²) in [6.07, 6.45) is 0.442. The van der Waals surface area contributed by atoms with Crippen LogP contribution >= 0.6 is 0 Å². The van der Waals surface area contributed by atoms with Crippen molar-refractivity contribution in [1.82, 2.24) is 14.5 Å². The SMILES string of the molecule is CC(C)CNC(=O)C(Cc1ccccc1)N(Cc1ccccc1)C(=O)CCCN1C(=O)c2ccccc2S1(=O)=O. The minimum absolute atomic E-state index is 0.0122. The highest BCUT2D eigenvalue weighted by Crippen LogP contribution is 2.30. The van der Waals surface area contributed by atoms with Gasteiger partial charge in [-0.05, 0) is 35.6 Å². The molecule has 3 amide bonds. The molecule has 1 N–H and O–H groups in total. The van der Waals surface area contributed by atoms with Crippen molar-refractivity contribution < 1.29 is 22.8 Å². The minimum Gasteiger partial charge on any atom is -0.354 e. The van der Waals surface area contributed by atoms with Crippen molar-refractivity contribution in [3.05, 3.63) is 102 Å². The van der Waals surface area contributed by atoms with Crippen molar-refractivity contribution in [2.45, 2.75) is 50.6 Å². The first-order valence-corrected chi connectivity index (χ1v) is 14.9. The lowest BCUT2D eigenvalue weighted by Gasteiger charge is -2.32. The van der Waals surface area contributed by atoms with Crippen molar-refractivity contribution in [2.75, 3.05) is 13.1 Å². The molecular weight excluding hydrogens is 526 g/mol. The van der Waals surface area contributed by atoms with Gasteiger partial charge in [0, 0.05) is 32.5 Å². The standard InChI is InChI=1S/C31H35N3O5S/c1-23(2)21-32-30(36)27(20-24-12-5-3-6-13-24)33(22-25-14-7-4-8-15-25)29(35)18-11-19-34-31(37)26-16-9-10-17-28(26)40(34,38)39/h3-10,12-17,23,27H,11,18-22H2,1-2H3,(H,32,36). The Kier molecular flexibility index (Phi) is 9.37. The van der Waals surface area contributed by atoms with Crippen molar-refractivity contribution >= 4 is 27.7 Å². The third-order valence-electron chi connectivity index (χ3n) is 6.82. The zero-order valence-corrected chi connectivity index (χ0v) is 23.6. The molecule has 3 aromatic rings. The van der Waals surface area contributed by atoms with E-state index in [1.807, 2.05) is 74.5 Å². The third-order valence-corrected chi connectivity index (χ3v) is 8.66. The van der Waals surface area contributed by atoms with Gasteiger partial charge in [0.25, 0.3) is 15.9 Å². The van der Waals surface area contributed by atoms with Crippen LogP contribution in [0.25, 0.3) is 0 Å². The molecule has 0 saturated carbocycles. The Morgan fingerprint density at radius 1 is 0.875 bits per heavy atom. The number of sulfonamides is 1. The fourth-order valence-corrected chi connectivity index (χ4v) is 6.33. The maximum Gasteiger partial charge on any atom is 0.269 e. The molecule has 0 aliphatic carbocycles. The summed E-state index contributed by atoms with van der Waals surface area (Å²) in [5.41, 5.74) is 1.94. The van der Waals surface area contributed by atoms with E-state index in [0.717, 1.165) is 15.4 Å². The molecule has 0 radical (unpaired) electrons. The molecule has 0 fully saturated rings. The number of nitrogens with zero attached hydrogens (tertiary/aromatic N) is 2. The molecule has 0 saturated heterocycles. The topological polar surface area (TPSA) is 104 Å². The average molecular weight is 562 g/mol. The molecule has 40 heavy (non-hydrogen) atoms. The van der Waals surface area contributed by atoms with Gasteiger partial charge < -0.3 is 10.2 Å². The number of amides is 3. The number of hydrogen-bond donors (Lipinski definition) is 1. The van der Waals surface area contributed by atoms with E-state index in [4.69, 9.17) is 0 Å². The van der Waals surface area contributed by atoms with Crippen LogP contribution in [0.5, 0.6) is 0 Å². The first-order chi connectivity index (χ1) is 19.2. The Morgan fingerprint density at radius 3 is 2.10 bits per heavy atom. The lowest BCUT2D eigenvalue weighted by atomic mass is 10.0. The van der Waals surface area contributed by atoms with Crippen LogP contribution in [0.1, 0.15) is 48.2 Å². The van der Waals surface area contributed by atoms with E-state index >= 15 is 0 Å². The van der Waals surface area contributed by atoms with Gasteiger partial charge in [-0.15, -0.1) is 0 Å². The number of benzene rings is 3. The Balaban J connectivity index is 1.54. The predicted molar refractivity (Wildman–Crippen MR) is 153 cm³/mol. The largest absolute Gasteiger partial charge is 0.354 e. The van der Waals surface area contributed by atoms with E-state index in [0.29, 0.717) is 13.0 Å². The Hall–Kier alpha value is -3.98. The van der Waals surface area contributed by atoms with Crippen LogP contribution in [0.15, 0.2) is 89.8 Å². The molecule has 0 aromatic heterocycles. The van der Waals surface area contributed by atoms with Gasteiger partial charge in [-0.25, -0.2) is 12.7 Å². The van der Waals surface area contributed by atoms with Gasteiger partial charge in [-0.2, -0.15) is 0 Å². The van der Waals surface area contributed by atoms with Gasteiger partial charge in [0.15, 0.2) is 0 Å². The molecule has 4 rings (SSSR count). The highest BCUT2D eigenvalue weighted by molar-refractivity contribution is 7.90. The van der Waals surface area contributed by atoms with Gasteiger partial charge in [0.05, 0.1) is 5.56 Å². The summed E-state index contributed by atoms with van der Waals surface area (Å²) in [5.74, 6) is -0.872. The van der Waals surface area contributed by atoms with Gasteiger partial charge in [0.1, 0.15) is 10.9 Å². The highest BCUT2D eigenvalue weighted by Gasteiger charge is 2.40. The zero-order valence-electron chi connectivity index (χ0n) is 22.8. The van der Waals surface area contributed by atoms with E-state index in [-0.39, 0.29) is 54.1 Å². The van der Waals surface area contributed by atoms with E-state index in [1.54, 1.807) is 17.0 Å². The predicted octanol–water partition coefficient (Wildman–Crippen LogP) is 4.02. The van der Waals surface area contributed by atoms with Crippen LogP contribution < -0.4 is 5.32 Å². The monoisotopic (exact) mass is 561 g/mol. The number of carbonyl (C=O) groups is 3. The molecule has 1 atom stereocenters. The van der Waals surface area contributed by atoms with Crippen molar-refractivity contribution in [1.29, 1.82) is 0 Å². The highest BCUT2D eigenvalue weighted by atomic mass is 32.2. The molecular formula is C31H35N3O5S. The molecule has 1 aliphatic heterocycles. The Labute approximate surface area is 236 Å². The second-order valence-electron chi connectivity index (χ2n) is 10.3. The first-order valence-electron chi connectivity index (χ1n) is 13.5. The average Bonchev–Trinajstić information content (AvgIpc) is 3.15. The summed E-state index contributed by atoms with van der Waals surface area (Å²) in [5, 5.41) is 2.99. The van der Waals surface area contributed by atoms with Crippen molar-refractivity contribution in [2.24, 2.45) is 5.92 Å². The summed E-state index contributed by atoms with van der Waals surface area (Å²) in [6, 6.07) is 24.3. The van der Waals surface area contributed by atoms with Crippen LogP contribution in [0.4, 0.5) is 0 Å². The minimum atomic E-state index is -3.95. The maximum absolute atomic E-state index is 13.7. The Bertz CT molecular complexity index is 1440.